The summed E-state index contributed by atoms with van der Waals surface area (Å²) in [5, 5.41) is 22.4. The molecule has 0 aliphatic rings. The number of hydrogen-bond donors (Lipinski definition) is 3. The largest absolute Gasteiger partial charge is 0.482 e. The number of furan rings is 1. The lowest BCUT2D eigenvalue weighted by Gasteiger charge is -2.22. The number of amides is 1. The van der Waals surface area contributed by atoms with Gasteiger partial charge in [-0.05, 0) is 80.3 Å². The number of aliphatic hydroxyl groups excluding tert-OH is 1. The summed E-state index contributed by atoms with van der Waals surface area (Å²) in [5.41, 5.74) is 3.97. The molecule has 0 aliphatic carbocycles. The molecule has 4 aromatic rings. The third-order valence-corrected chi connectivity index (χ3v) is 7.13. The molecule has 0 fully saturated rings. The molecule has 4 rings (SSSR count). The maximum Gasteiger partial charge on any atom is 0.344 e. The molecule has 0 radical (unpaired) electrons. The van der Waals surface area contributed by atoms with Crippen LogP contribution in [0.2, 0.25) is 0 Å². The standard InChI is InChI=1S/C34H36N2O7/c1-5-41-31(39)19-42-26-12-13-27(20(2)15-26)33(24-9-7-6-8-10-24)36-30(38)17-23-11-14-28-25(16-23)18-29(43-28)34(40)32(21(3)35)22(4)37/h6-16,18,32-35,40H,5,17,19H2,1-4H3,(H,36,38). The highest BCUT2D eigenvalue weighted by Gasteiger charge is 2.30. The SMILES string of the molecule is CCOC(=O)COc1ccc(C(NC(=O)Cc2ccc3oc(C(O)C(C(C)=N)C(C)=O)cc3c2)c2ccccc2)c(C)c1. The van der Waals surface area contributed by atoms with Crippen LogP contribution >= 0.6 is 0 Å². The molecule has 0 saturated heterocycles. The normalized spacial score (nSPS) is 13.1. The minimum Gasteiger partial charge on any atom is -0.482 e. The van der Waals surface area contributed by atoms with Crippen molar-refractivity contribution in [1.29, 1.82) is 5.41 Å². The van der Waals surface area contributed by atoms with E-state index in [4.69, 9.17) is 19.3 Å². The van der Waals surface area contributed by atoms with Crippen molar-refractivity contribution in [2.75, 3.05) is 13.2 Å². The number of rotatable bonds is 13. The lowest BCUT2D eigenvalue weighted by molar-refractivity contribution is -0.145. The second kappa shape index (κ2) is 13.9. The Morgan fingerprint density at radius 1 is 1.00 bits per heavy atom. The Balaban J connectivity index is 1.52. The van der Waals surface area contributed by atoms with E-state index < -0.39 is 24.0 Å². The van der Waals surface area contributed by atoms with Crippen molar-refractivity contribution < 1.29 is 33.4 Å². The number of hydrogen-bond acceptors (Lipinski definition) is 8. The van der Waals surface area contributed by atoms with Gasteiger partial charge in [-0.3, -0.25) is 9.59 Å². The Morgan fingerprint density at radius 2 is 1.74 bits per heavy atom. The molecule has 0 bridgehead atoms. The van der Waals surface area contributed by atoms with E-state index in [0.717, 1.165) is 22.3 Å². The van der Waals surface area contributed by atoms with Crippen LogP contribution in [0.5, 0.6) is 5.75 Å². The lowest BCUT2D eigenvalue weighted by Crippen LogP contribution is -2.31. The molecule has 1 aromatic heterocycles. The average Bonchev–Trinajstić information content (AvgIpc) is 3.39. The molecular formula is C34H36N2O7. The second-order valence-electron chi connectivity index (χ2n) is 10.4. The first-order valence-electron chi connectivity index (χ1n) is 14.1. The van der Waals surface area contributed by atoms with Gasteiger partial charge in [-0.2, -0.15) is 0 Å². The monoisotopic (exact) mass is 584 g/mol. The van der Waals surface area contributed by atoms with E-state index >= 15 is 0 Å². The van der Waals surface area contributed by atoms with Gasteiger partial charge in [0.05, 0.1) is 25.0 Å². The fourth-order valence-corrected chi connectivity index (χ4v) is 5.09. The van der Waals surface area contributed by atoms with E-state index in [9.17, 15) is 19.5 Å². The molecule has 0 spiro atoms. The minimum atomic E-state index is -1.27. The van der Waals surface area contributed by atoms with E-state index in [1.807, 2.05) is 55.5 Å². The van der Waals surface area contributed by atoms with Crippen LogP contribution in [0.3, 0.4) is 0 Å². The van der Waals surface area contributed by atoms with Crippen LogP contribution in [0.4, 0.5) is 0 Å². The Labute approximate surface area is 250 Å². The number of ketones is 1. The summed E-state index contributed by atoms with van der Waals surface area (Å²) in [6.45, 7) is 6.57. The molecule has 0 saturated carbocycles. The highest BCUT2D eigenvalue weighted by molar-refractivity contribution is 6.02. The van der Waals surface area contributed by atoms with Gasteiger partial charge >= 0.3 is 5.97 Å². The number of carbonyl (C=O) groups is 3. The van der Waals surface area contributed by atoms with E-state index in [0.29, 0.717) is 16.7 Å². The number of benzene rings is 3. The Kier molecular flexibility index (Phi) is 10.1. The summed E-state index contributed by atoms with van der Waals surface area (Å²) >= 11 is 0. The Bertz CT molecular complexity index is 1610. The molecule has 9 heteroatoms. The maximum atomic E-state index is 13.4. The van der Waals surface area contributed by atoms with Gasteiger partial charge in [-0.25, -0.2) is 4.79 Å². The molecule has 3 unspecified atom stereocenters. The van der Waals surface area contributed by atoms with Crippen LogP contribution < -0.4 is 10.1 Å². The zero-order valence-corrected chi connectivity index (χ0v) is 24.7. The van der Waals surface area contributed by atoms with E-state index in [1.54, 1.807) is 31.2 Å². The van der Waals surface area contributed by atoms with Gasteiger partial charge in [0.15, 0.2) is 6.61 Å². The van der Waals surface area contributed by atoms with Crippen LogP contribution in [-0.2, 0) is 25.5 Å². The fraction of sp³-hybridized carbons (Fsp3) is 0.294. The molecule has 1 heterocycles. The summed E-state index contributed by atoms with van der Waals surface area (Å²) < 4.78 is 16.3. The third kappa shape index (κ3) is 7.75. The number of Topliss-reactive ketones (excluding diaryl/α,β-unsaturated/α-hetero) is 1. The van der Waals surface area contributed by atoms with Crippen molar-refractivity contribution in [3.05, 3.63) is 101 Å². The quantitative estimate of drug-likeness (QED) is 0.141. The van der Waals surface area contributed by atoms with Crippen molar-refractivity contribution in [3.8, 4) is 5.75 Å². The number of nitrogens with one attached hydrogen (secondary N) is 2. The van der Waals surface area contributed by atoms with Crippen molar-refractivity contribution >= 4 is 34.3 Å². The fourth-order valence-electron chi connectivity index (χ4n) is 5.09. The van der Waals surface area contributed by atoms with Crippen LogP contribution in [-0.4, -0.2) is 41.7 Å². The summed E-state index contributed by atoms with van der Waals surface area (Å²) in [5.74, 6) is -1.23. The summed E-state index contributed by atoms with van der Waals surface area (Å²) in [7, 11) is 0. The predicted octanol–water partition coefficient (Wildman–Crippen LogP) is 5.41. The van der Waals surface area contributed by atoms with Gasteiger partial charge in [-0.1, -0.05) is 42.5 Å². The molecule has 224 valence electrons. The van der Waals surface area contributed by atoms with Gasteiger partial charge in [0.1, 0.15) is 29.0 Å². The molecule has 3 aromatic carbocycles. The van der Waals surface area contributed by atoms with Crippen LogP contribution in [0.25, 0.3) is 11.0 Å². The van der Waals surface area contributed by atoms with Crippen molar-refractivity contribution in [2.45, 2.75) is 46.3 Å². The number of esters is 1. The first-order valence-corrected chi connectivity index (χ1v) is 14.1. The molecule has 0 aliphatic heterocycles. The summed E-state index contributed by atoms with van der Waals surface area (Å²) in [6, 6.07) is 21.6. The highest BCUT2D eigenvalue weighted by Crippen LogP contribution is 2.31. The minimum absolute atomic E-state index is 0.0554. The lowest BCUT2D eigenvalue weighted by atomic mass is 9.92. The van der Waals surface area contributed by atoms with Crippen LogP contribution in [0.1, 0.15) is 60.9 Å². The zero-order chi connectivity index (χ0) is 31.1. The highest BCUT2D eigenvalue weighted by atomic mass is 16.6. The van der Waals surface area contributed by atoms with E-state index in [-0.39, 0.29) is 42.8 Å². The van der Waals surface area contributed by atoms with E-state index in [2.05, 4.69) is 5.32 Å². The van der Waals surface area contributed by atoms with Gasteiger partial charge in [0.25, 0.3) is 0 Å². The van der Waals surface area contributed by atoms with Crippen molar-refractivity contribution in [3.63, 3.8) is 0 Å². The third-order valence-electron chi connectivity index (χ3n) is 7.13. The Hall–Kier alpha value is -4.76. The summed E-state index contributed by atoms with van der Waals surface area (Å²) in [6.07, 6.45) is -1.18. The second-order valence-corrected chi connectivity index (χ2v) is 10.4. The number of carbonyl (C=O) groups excluding carboxylic acids is 3. The molecule has 43 heavy (non-hydrogen) atoms. The molecule has 3 N–H and O–H groups in total. The van der Waals surface area contributed by atoms with Gasteiger partial charge < -0.3 is 29.7 Å². The Morgan fingerprint density at radius 3 is 2.40 bits per heavy atom. The number of fused-ring (bicyclic) bond motifs is 1. The topological polar surface area (TPSA) is 139 Å². The van der Waals surface area contributed by atoms with Crippen molar-refractivity contribution in [1.82, 2.24) is 5.32 Å². The van der Waals surface area contributed by atoms with Crippen LogP contribution in [0, 0.1) is 18.3 Å². The predicted molar refractivity (Wildman–Crippen MR) is 162 cm³/mol. The molecule has 9 nitrogen and oxygen atoms in total. The number of aliphatic hydroxyl groups is 1. The van der Waals surface area contributed by atoms with Crippen molar-refractivity contribution in [2.24, 2.45) is 5.92 Å². The zero-order valence-electron chi connectivity index (χ0n) is 24.7. The number of aryl methyl sites for hydroxylation is 1. The first kappa shape index (κ1) is 31.2. The first-order chi connectivity index (χ1) is 20.6. The molecule has 1 amide bonds. The van der Waals surface area contributed by atoms with Gasteiger partial charge in [-0.15, -0.1) is 0 Å². The van der Waals surface area contributed by atoms with E-state index in [1.165, 1.54) is 13.8 Å². The summed E-state index contributed by atoms with van der Waals surface area (Å²) in [4.78, 5) is 37.0. The molecule has 3 atom stereocenters. The smallest absolute Gasteiger partial charge is 0.344 e. The van der Waals surface area contributed by atoms with Gasteiger partial charge in [0, 0.05) is 11.1 Å². The molecular weight excluding hydrogens is 548 g/mol. The van der Waals surface area contributed by atoms with Gasteiger partial charge in [0.2, 0.25) is 5.91 Å². The number of ether oxygens (including phenoxy) is 2. The maximum absolute atomic E-state index is 13.4. The van der Waals surface area contributed by atoms with Crippen LogP contribution in [0.15, 0.2) is 77.2 Å². The average molecular weight is 585 g/mol.